The van der Waals surface area contributed by atoms with Crippen molar-refractivity contribution < 1.29 is 4.74 Å². The first-order chi connectivity index (χ1) is 9.29. The summed E-state index contributed by atoms with van der Waals surface area (Å²) in [5.41, 5.74) is 2.45. The molecule has 0 amide bonds. The minimum atomic E-state index is 0.0821. The average molecular weight is 298 g/mol. The maximum absolute atomic E-state index is 6.37. The molecule has 1 aromatic carbocycles. The molecule has 3 heteroatoms. The standard InChI is InChI=1S/C17H28ClNO/c1-7-19-15(16(20-6)17(3,4)5)11-13-9-8-12(2)10-14(13)18/h8-10,15-16,19H,7,11H2,1-6H3. The van der Waals surface area contributed by atoms with Crippen molar-refractivity contribution in [1.82, 2.24) is 5.32 Å². The van der Waals surface area contributed by atoms with Crippen LogP contribution in [0.15, 0.2) is 18.2 Å². The highest BCUT2D eigenvalue weighted by Crippen LogP contribution is 2.28. The molecule has 0 spiro atoms. The number of nitrogens with one attached hydrogen (secondary N) is 1. The van der Waals surface area contributed by atoms with E-state index in [2.05, 4.69) is 52.1 Å². The number of benzene rings is 1. The predicted molar refractivity (Wildman–Crippen MR) is 87.6 cm³/mol. The van der Waals surface area contributed by atoms with Crippen LogP contribution in [0.2, 0.25) is 5.02 Å². The van der Waals surface area contributed by atoms with Gasteiger partial charge in [0.25, 0.3) is 0 Å². The van der Waals surface area contributed by atoms with E-state index >= 15 is 0 Å². The maximum atomic E-state index is 6.37. The summed E-state index contributed by atoms with van der Waals surface area (Å²) in [5, 5.41) is 4.39. The summed E-state index contributed by atoms with van der Waals surface area (Å²) in [6.45, 7) is 11.7. The number of likely N-dealkylation sites (N-methyl/N-ethyl adjacent to an activating group) is 1. The molecule has 0 aliphatic rings. The Morgan fingerprint density at radius 2 is 1.95 bits per heavy atom. The first-order valence-electron chi connectivity index (χ1n) is 7.30. The summed E-state index contributed by atoms with van der Waals surface area (Å²) >= 11 is 6.37. The number of rotatable bonds is 6. The second-order valence-electron chi connectivity index (χ2n) is 6.49. The van der Waals surface area contributed by atoms with Crippen molar-refractivity contribution in [3.63, 3.8) is 0 Å². The van der Waals surface area contributed by atoms with Crippen LogP contribution >= 0.6 is 11.6 Å². The van der Waals surface area contributed by atoms with Crippen LogP contribution in [0.4, 0.5) is 0 Å². The third kappa shape index (κ3) is 4.76. The van der Waals surface area contributed by atoms with Crippen molar-refractivity contribution in [3.05, 3.63) is 34.3 Å². The van der Waals surface area contributed by atoms with Gasteiger partial charge in [-0.3, -0.25) is 0 Å². The zero-order chi connectivity index (χ0) is 15.3. The fraction of sp³-hybridized carbons (Fsp3) is 0.647. The van der Waals surface area contributed by atoms with Gasteiger partial charge < -0.3 is 10.1 Å². The van der Waals surface area contributed by atoms with E-state index in [0.717, 1.165) is 18.0 Å². The van der Waals surface area contributed by atoms with Crippen LogP contribution in [-0.2, 0) is 11.2 Å². The lowest BCUT2D eigenvalue weighted by Gasteiger charge is -2.36. The van der Waals surface area contributed by atoms with Crippen LogP contribution in [0.5, 0.6) is 0 Å². The molecule has 0 aromatic heterocycles. The molecule has 0 aliphatic heterocycles. The van der Waals surface area contributed by atoms with E-state index < -0.39 is 0 Å². The molecule has 0 aliphatic carbocycles. The van der Waals surface area contributed by atoms with Gasteiger partial charge in [-0.25, -0.2) is 0 Å². The third-order valence-corrected chi connectivity index (χ3v) is 3.94. The Morgan fingerprint density at radius 1 is 1.30 bits per heavy atom. The van der Waals surface area contributed by atoms with Gasteiger partial charge in [0.05, 0.1) is 6.10 Å². The van der Waals surface area contributed by atoms with Crippen LogP contribution < -0.4 is 5.32 Å². The van der Waals surface area contributed by atoms with E-state index in [1.165, 1.54) is 11.1 Å². The van der Waals surface area contributed by atoms with Crippen molar-refractivity contribution in [2.24, 2.45) is 5.41 Å². The molecule has 0 bridgehead atoms. The minimum Gasteiger partial charge on any atom is -0.379 e. The molecule has 114 valence electrons. The number of hydrogen-bond acceptors (Lipinski definition) is 2. The molecule has 2 unspecified atom stereocenters. The molecule has 2 atom stereocenters. The highest BCUT2D eigenvalue weighted by molar-refractivity contribution is 6.31. The lowest BCUT2D eigenvalue weighted by Crippen LogP contribution is -2.49. The molecule has 20 heavy (non-hydrogen) atoms. The first-order valence-corrected chi connectivity index (χ1v) is 7.68. The quantitative estimate of drug-likeness (QED) is 0.848. The summed E-state index contributed by atoms with van der Waals surface area (Å²) in [6, 6.07) is 6.52. The molecule has 1 aromatic rings. The van der Waals surface area contributed by atoms with Crippen LogP contribution in [0.25, 0.3) is 0 Å². The number of hydrogen-bond donors (Lipinski definition) is 1. The fourth-order valence-electron chi connectivity index (χ4n) is 2.72. The van der Waals surface area contributed by atoms with Gasteiger partial charge in [0, 0.05) is 18.2 Å². The number of methoxy groups -OCH3 is 1. The molecular formula is C17H28ClNO. The smallest absolute Gasteiger partial charge is 0.0775 e. The SMILES string of the molecule is CCNC(Cc1ccc(C)cc1Cl)C(OC)C(C)(C)C. The molecular weight excluding hydrogens is 270 g/mol. The van der Waals surface area contributed by atoms with Crippen molar-refractivity contribution in [2.45, 2.75) is 53.2 Å². The Morgan fingerprint density at radius 3 is 2.40 bits per heavy atom. The van der Waals surface area contributed by atoms with E-state index in [9.17, 15) is 0 Å². The van der Waals surface area contributed by atoms with E-state index in [1.54, 1.807) is 7.11 Å². The summed E-state index contributed by atoms with van der Waals surface area (Å²) < 4.78 is 5.76. The van der Waals surface area contributed by atoms with Gasteiger partial charge in [-0.1, -0.05) is 51.4 Å². The van der Waals surface area contributed by atoms with Gasteiger partial charge in [-0.15, -0.1) is 0 Å². The van der Waals surface area contributed by atoms with E-state index in [-0.39, 0.29) is 17.6 Å². The highest BCUT2D eigenvalue weighted by atomic mass is 35.5. The summed E-state index contributed by atoms with van der Waals surface area (Å²) in [7, 11) is 1.79. The van der Waals surface area contributed by atoms with E-state index in [4.69, 9.17) is 16.3 Å². The average Bonchev–Trinajstić information content (AvgIpc) is 2.32. The van der Waals surface area contributed by atoms with Crippen LogP contribution in [0.1, 0.15) is 38.8 Å². The molecule has 0 saturated carbocycles. The summed E-state index contributed by atoms with van der Waals surface area (Å²) in [6.07, 6.45) is 1.02. The monoisotopic (exact) mass is 297 g/mol. The molecule has 1 N–H and O–H groups in total. The zero-order valence-electron chi connectivity index (χ0n) is 13.6. The molecule has 0 saturated heterocycles. The minimum absolute atomic E-state index is 0.0821. The van der Waals surface area contributed by atoms with Gasteiger partial charge >= 0.3 is 0 Å². The third-order valence-electron chi connectivity index (χ3n) is 3.59. The Bertz CT molecular complexity index is 425. The van der Waals surface area contributed by atoms with E-state index in [1.807, 2.05) is 6.07 Å². The summed E-state index contributed by atoms with van der Waals surface area (Å²) in [4.78, 5) is 0. The van der Waals surface area contributed by atoms with Gasteiger partial charge in [0.1, 0.15) is 0 Å². The summed E-state index contributed by atoms with van der Waals surface area (Å²) in [5.74, 6) is 0. The van der Waals surface area contributed by atoms with Crippen molar-refractivity contribution in [3.8, 4) is 0 Å². The Labute approximate surface area is 128 Å². The highest BCUT2D eigenvalue weighted by Gasteiger charge is 2.32. The van der Waals surface area contributed by atoms with Crippen molar-refractivity contribution >= 4 is 11.6 Å². The van der Waals surface area contributed by atoms with Crippen molar-refractivity contribution in [1.29, 1.82) is 0 Å². The molecule has 0 heterocycles. The van der Waals surface area contributed by atoms with Crippen LogP contribution in [-0.4, -0.2) is 25.8 Å². The molecule has 0 fully saturated rings. The van der Waals surface area contributed by atoms with Gasteiger partial charge in [-0.05, 0) is 42.5 Å². The fourth-order valence-corrected chi connectivity index (χ4v) is 3.04. The number of aryl methyl sites for hydroxylation is 1. The molecule has 0 radical (unpaired) electrons. The number of ether oxygens (including phenoxy) is 1. The number of halogens is 1. The zero-order valence-corrected chi connectivity index (χ0v) is 14.3. The van der Waals surface area contributed by atoms with Crippen molar-refractivity contribution in [2.75, 3.05) is 13.7 Å². The van der Waals surface area contributed by atoms with Gasteiger partial charge in [0.2, 0.25) is 0 Å². The van der Waals surface area contributed by atoms with Crippen LogP contribution in [0, 0.1) is 12.3 Å². The van der Waals surface area contributed by atoms with Crippen LogP contribution in [0.3, 0.4) is 0 Å². The lowest BCUT2D eigenvalue weighted by molar-refractivity contribution is -0.0106. The van der Waals surface area contributed by atoms with E-state index in [0.29, 0.717) is 0 Å². The normalized spacial score (nSPS) is 15.2. The predicted octanol–water partition coefficient (Wildman–Crippen LogP) is 4.23. The molecule has 2 nitrogen and oxygen atoms in total. The Kier molecular flexibility index (Phi) is 6.50. The first kappa shape index (κ1) is 17.5. The van der Waals surface area contributed by atoms with Gasteiger partial charge in [-0.2, -0.15) is 0 Å². The maximum Gasteiger partial charge on any atom is 0.0775 e. The second-order valence-corrected chi connectivity index (χ2v) is 6.89. The lowest BCUT2D eigenvalue weighted by atomic mass is 9.82. The Balaban J connectivity index is 2.96. The second kappa shape index (κ2) is 7.44. The topological polar surface area (TPSA) is 21.3 Å². The van der Waals surface area contributed by atoms with Gasteiger partial charge in [0.15, 0.2) is 0 Å². The molecule has 1 rings (SSSR count). The largest absolute Gasteiger partial charge is 0.379 e. The Hall–Kier alpha value is -0.570.